The molecule has 3 N–H and O–H groups in total. The molecule has 4 heterocycles. The highest BCUT2D eigenvalue weighted by Crippen LogP contribution is 2.51. The molecule has 2 aliphatic carbocycles. The van der Waals surface area contributed by atoms with Crippen LogP contribution in [0.2, 0.25) is 0 Å². The molecule has 1 aromatic heterocycles. The number of hydrogen-bond donors (Lipinski definition) is 3. The van der Waals surface area contributed by atoms with Gasteiger partial charge in [0.2, 0.25) is 0 Å². The lowest BCUT2D eigenvalue weighted by molar-refractivity contribution is -0.189. The minimum absolute atomic E-state index is 0.0707. The Kier molecular flexibility index (Phi) is 6.63. The molecule has 6 unspecified atom stereocenters. The van der Waals surface area contributed by atoms with Gasteiger partial charge in [-0.1, -0.05) is 6.92 Å². The third kappa shape index (κ3) is 5.08. The highest BCUT2D eigenvalue weighted by atomic mass is 19.4. The number of aromatic nitrogens is 2. The molecule has 210 valence electrons. The Bertz CT molecular complexity index is 1080. The maximum Gasteiger partial charge on any atom is 0.433 e. The number of carbonyl (C=O) groups excluding carboxylic acids is 1. The van der Waals surface area contributed by atoms with E-state index in [1.165, 1.54) is 5.01 Å². The Morgan fingerprint density at radius 2 is 1.84 bits per heavy atom. The lowest BCUT2D eigenvalue weighted by Gasteiger charge is -2.64. The van der Waals surface area contributed by atoms with Crippen LogP contribution in [0.1, 0.15) is 57.2 Å². The number of allylic oxidation sites excluding steroid dienone is 1. The van der Waals surface area contributed by atoms with Gasteiger partial charge >= 0.3 is 18.4 Å². The monoisotopic (exact) mass is 551 g/mol. The van der Waals surface area contributed by atoms with E-state index >= 15 is 0 Å². The van der Waals surface area contributed by atoms with E-state index in [9.17, 15) is 35.5 Å². The molecule has 2 bridgehead atoms. The molecule has 8 nitrogen and oxygen atoms in total. The number of hydrazine groups is 2. The molecule has 2 amide bonds. The van der Waals surface area contributed by atoms with Gasteiger partial charge in [0.25, 0.3) is 0 Å². The number of nitrogens with one attached hydrogen (secondary N) is 3. The van der Waals surface area contributed by atoms with Gasteiger partial charge in [0, 0.05) is 24.2 Å². The molecular formula is C23H28F7N7O. The number of rotatable bonds is 4. The quantitative estimate of drug-likeness (QED) is 0.489. The molecule has 0 aromatic carbocycles. The predicted molar refractivity (Wildman–Crippen MR) is 119 cm³/mol. The van der Waals surface area contributed by atoms with E-state index in [1.54, 1.807) is 4.90 Å². The Morgan fingerprint density at radius 3 is 2.47 bits per heavy atom. The van der Waals surface area contributed by atoms with Crippen molar-refractivity contribution in [3.63, 3.8) is 0 Å². The van der Waals surface area contributed by atoms with Crippen molar-refractivity contribution in [2.24, 2.45) is 11.8 Å². The molecule has 38 heavy (non-hydrogen) atoms. The van der Waals surface area contributed by atoms with Crippen LogP contribution >= 0.6 is 0 Å². The van der Waals surface area contributed by atoms with Crippen molar-refractivity contribution in [3.8, 4) is 0 Å². The van der Waals surface area contributed by atoms with Crippen LogP contribution in [-0.4, -0.2) is 62.4 Å². The van der Waals surface area contributed by atoms with Gasteiger partial charge in [0.1, 0.15) is 11.5 Å². The Morgan fingerprint density at radius 1 is 1.13 bits per heavy atom. The summed E-state index contributed by atoms with van der Waals surface area (Å²) in [5, 5.41) is 4.14. The van der Waals surface area contributed by atoms with E-state index in [4.69, 9.17) is 0 Å². The molecule has 0 radical (unpaired) electrons. The van der Waals surface area contributed by atoms with E-state index in [0.29, 0.717) is 12.8 Å². The predicted octanol–water partition coefficient (Wildman–Crippen LogP) is 4.11. The lowest BCUT2D eigenvalue weighted by Crippen LogP contribution is -2.76. The van der Waals surface area contributed by atoms with E-state index < -0.39 is 53.3 Å². The fourth-order valence-electron chi connectivity index (χ4n) is 6.69. The normalized spacial score (nSPS) is 33.4. The number of carbonyl (C=O) groups is 1. The first kappa shape index (κ1) is 26.8. The van der Waals surface area contributed by atoms with E-state index in [-0.39, 0.29) is 43.6 Å². The minimum Gasteiger partial charge on any atom is -0.335 e. The zero-order valence-corrected chi connectivity index (χ0v) is 20.4. The largest absolute Gasteiger partial charge is 0.433 e. The maximum atomic E-state index is 13.8. The Balaban J connectivity index is 1.30. The number of hydrogen-bond acceptors (Lipinski definition) is 6. The number of fused-ring (bicyclic) bond motifs is 2. The zero-order valence-electron chi connectivity index (χ0n) is 20.4. The fourth-order valence-corrected chi connectivity index (χ4v) is 6.69. The third-order valence-electron chi connectivity index (χ3n) is 8.07. The molecule has 0 spiro atoms. The second-order valence-electron chi connectivity index (χ2n) is 10.9. The van der Waals surface area contributed by atoms with Crippen LogP contribution in [0.15, 0.2) is 24.3 Å². The fraction of sp³-hybridized carbons (Fsp3) is 0.696. The van der Waals surface area contributed by atoms with Gasteiger partial charge in [0.05, 0.1) is 30.4 Å². The first-order chi connectivity index (χ1) is 17.7. The molecule has 1 aromatic rings. The highest BCUT2D eigenvalue weighted by Gasteiger charge is 2.59. The van der Waals surface area contributed by atoms with Crippen molar-refractivity contribution in [2.45, 2.75) is 81.3 Å². The second-order valence-corrected chi connectivity index (χ2v) is 10.9. The average molecular weight is 552 g/mol. The summed E-state index contributed by atoms with van der Waals surface area (Å²) in [6.07, 6.45) is -4.80. The van der Waals surface area contributed by atoms with Gasteiger partial charge in [-0.3, -0.25) is 10.4 Å². The average Bonchev–Trinajstić information content (AvgIpc) is 3.27. The molecule has 6 rings (SSSR count). The van der Waals surface area contributed by atoms with Crippen LogP contribution in [0.5, 0.6) is 0 Å². The molecule has 2 saturated carbocycles. The van der Waals surface area contributed by atoms with Crippen molar-refractivity contribution < 1.29 is 35.5 Å². The molecule has 15 heteroatoms. The molecule has 6 atom stereocenters. The minimum atomic E-state index is -4.56. The Hall–Kier alpha value is -2.84. The first-order valence-corrected chi connectivity index (χ1v) is 12.5. The van der Waals surface area contributed by atoms with Gasteiger partial charge in [-0.05, 0) is 44.4 Å². The Labute approximate surface area is 214 Å². The van der Waals surface area contributed by atoms with Crippen LogP contribution < -0.4 is 16.3 Å². The maximum absolute atomic E-state index is 13.8. The summed E-state index contributed by atoms with van der Waals surface area (Å²) in [7, 11) is 0. The van der Waals surface area contributed by atoms with E-state index in [0.717, 1.165) is 25.0 Å². The van der Waals surface area contributed by atoms with Gasteiger partial charge < -0.3 is 10.2 Å². The number of amides is 2. The third-order valence-corrected chi connectivity index (χ3v) is 8.07. The van der Waals surface area contributed by atoms with Crippen LogP contribution in [0.4, 0.5) is 35.5 Å². The van der Waals surface area contributed by atoms with E-state index in [2.05, 4.69) is 26.2 Å². The number of nitrogens with zero attached hydrogens (tertiary/aromatic N) is 4. The number of alkyl halides is 6. The number of urea groups is 1. The summed E-state index contributed by atoms with van der Waals surface area (Å²) in [6, 6.07) is -1.16. The van der Waals surface area contributed by atoms with Crippen molar-refractivity contribution in [2.75, 3.05) is 6.54 Å². The van der Waals surface area contributed by atoms with Crippen LogP contribution in [0, 0.1) is 17.7 Å². The van der Waals surface area contributed by atoms with Gasteiger partial charge in [-0.25, -0.2) is 19.2 Å². The van der Waals surface area contributed by atoms with Crippen molar-refractivity contribution >= 4 is 6.03 Å². The molecule has 3 aliphatic heterocycles. The summed E-state index contributed by atoms with van der Waals surface area (Å²) >= 11 is 0. The molecule has 5 aliphatic rings. The SMILES string of the molecule is CC1CC2CC(CN3C=C(C(F)(F)F)NN3)(C1)N2C(=O)NC1CCC(C(F)(F)F)C(c2ncc(F)cn2)C1. The topological polar surface area (TPSA) is 85.4 Å². The molecule has 4 fully saturated rings. The summed E-state index contributed by atoms with van der Waals surface area (Å²) in [5.74, 6) is -3.51. The van der Waals surface area contributed by atoms with Crippen LogP contribution in [0.25, 0.3) is 0 Å². The van der Waals surface area contributed by atoms with Crippen molar-refractivity contribution in [1.82, 2.24) is 36.2 Å². The van der Waals surface area contributed by atoms with Crippen molar-refractivity contribution in [1.29, 1.82) is 0 Å². The van der Waals surface area contributed by atoms with Gasteiger partial charge in [-0.15, -0.1) is 5.53 Å². The van der Waals surface area contributed by atoms with Crippen molar-refractivity contribution in [3.05, 3.63) is 35.9 Å². The smallest absolute Gasteiger partial charge is 0.335 e. The summed E-state index contributed by atoms with van der Waals surface area (Å²) in [6.45, 7) is 2.13. The number of piperidine rings is 1. The zero-order chi connectivity index (χ0) is 27.5. The van der Waals surface area contributed by atoms with Crippen LogP contribution in [-0.2, 0) is 0 Å². The lowest BCUT2D eigenvalue weighted by atomic mass is 9.64. The summed E-state index contributed by atoms with van der Waals surface area (Å²) in [5.41, 5.74) is 2.91. The van der Waals surface area contributed by atoms with Gasteiger partial charge in [0.15, 0.2) is 5.82 Å². The van der Waals surface area contributed by atoms with E-state index in [1.807, 2.05) is 6.92 Å². The molecular weight excluding hydrogens is 523 g/mol. The first-order valence-electron chi connectivity index (χ1n) is 12.5. The number of halogens is 7. The second kappa shape index (κ2) is 9.42. The summed E-state index contributed by atoms with van der Waals surface area (Å²) in [4.78, 5) is 22.6. The van der Waals surface area contributed by atoms with Crippen LogP contribution in [0.3, 0.4) is 0 Å². The molecule has 2 saturated heterocycles. The highest BCUT2D eigenvalue weighted by molar-refractivity contribution is 5.77. The summed E-state index contributed by atoms with van der Waals surface area (Å²) < 4.78 is 93.7. The standard InChI is InChI=1S/C23H28F7N7O/c1-12-4-15-7-21(6-12,11-36-10-18(34-35-36)23(28,29)30)37(15)20(38)33-14-2-3-17(22(25,26)27)16(5-14)19-31-8-13(24)9-32-19/h8-10,12,14-17,34-35H,2-7,11H2,1H3,(H,33,38). The van der Waals surface area contributed by atoms with Gasteiger partial charge in [-0.2, -0.15) is 26.3 Å².